The van der Waals surface area contributed by atoms with Crippen LogP contribution in [0.5, 0.6) is 0 Å². The summed E-state index contributed by atoms with van der Waals surface area (Å²) in [6.07, 6.45) is 0.375. The second-order valence-electron chi connectivity index (χ2n) is 2.29. The molecule has 5 heteroatoms. The van der Waals surface area contributed by atoms with Crippen molar-refractivity contribution < 1.29 is 10.0 Å². The van der Waals surface area contributed by atoms with Gasteiger partial charge < -0.3 is 5.11 Å². The quantitative estimate of drug-likeness (QED) is 0.523. The zero-order valence-electron chi connectivity index (χ0n) is 6.25. The maximum Gasteiger partial charge on any atom is 0.235 e. The van der Waals surface area contributed by atoms with Gasteiger partial charge in [0.05, 0.1) is 5.69 Å². The summed E-state index contributed by atoms with van der Waals surface area (Å²) < 4.78 is 0. The predicted molar refractivity (Wildman–Crippen MR) is 41.1 cm³/mol. The molecule has 0 fully saturated rings. The zero-order valence-corrected chi connectivity index (χ0v) is 6.25. The van der Waals surface area contributed by atoms with Gasteiger partial charge in [-0.15, -0.1) is 0 Å². The first kappa shape index (κ1) is 8.61. The molecule has 0 amide bonds. The number of aliphatic hydroxyl groups is 1. The second kappa shape index (κ2) is 3.77. The SMILES string of the molecule is O=[N+]([O-])C[C@H](O)c1ccccn1. The van der Waals surface area contributed by atoms with Crippen LogP contribution < -0.4 is 0 Å². The van der Waals surface area contributed by atoms with Crippen LogP contribution in [0, 0.1) is 10.1 Å². The minimum Gasteiger partial charge on any atom is -0.380 e. The van der Waals surface area contributed by atoms with Gasteiger partial charge in [-0.3, -0.25) is 15.1 Å². The van der Waals surface area contributed by atoms with Crippen molar-refractivity contribution in [2.75, 3.05) is 6.54 Å². The third kappa shape index (κ3) is 2.28. The molecule has 1 heterocycles. The Morgan fingerprint density at radius 3 is 2.92 bits per heavy atom. The Kier molecular flexibility index (Phi) is 2.71. The first-order valence-electron chi connectivity index (χ1n) is 3.41. The number of nitrogens with zero attached hydrogens (tertiary/aromatic N) is 2. The standard InChI is InChI=1S/C7H8N2O3/c10-7(5-9(11)12)6-3-1-2-4-8-6/h1-4,7,10H,5H2/t7-/m0/s1. The van der Waals surface area contributed by atoms with Crippen LogP contribution in [0.3, 0.4) is 0 Å². The molecule has 0 unspecified atom stereocenters. The maximum absolute atomic E-state index is 10.0. The molecule has 1 rings (SSSR count). The van der Waals surface area contributed by atoms with Crippen LogP contribution in [0.1, 0.15) is 11.8 Å². The lowest BCUT2D eigenvalue weighted by molar-refractivity contribution is -0.491. The van der Waals surface area contributed by atoms with Crippen LogP contribution in [-0.4, -0.2) is 21.6 Å². The van der Waals surface area contributed by atoms with E-state index in [4.69, 9.17) is 0 Å². The van der Waals surface area contributed by atoms with Crippen molar-refractivity contribution in [2.45, 2.75) is 6.10 Å². The molecule has 64 valence electrons. The fourth-order valence-electron chi connectivity index (χ4n) is 0.808. The van der Waals surface area contributed by atoms with Gasteiger partial charge in [-0.2, -0.15) is 0 Å². The molecule has 0 saturated heterocycles. The Bertz CT molecular complexity index is 263. The van der Waals surface area contributed by atoms with Gasteiger partial charge in [0.15, 0.2) is 6.10 Å². The summed E-state index contributed by atoms with van der Waals surface area (Å²) in [4.78, 5) is 13.2. The van der Waals surface area contributed by atoms with E-state index in [1.165, 1.54) is 6.20 Å². The molecule has 0 radical (unpaired) electrons. The second-order valence-corrected chi connectivity index (χ2v) is 2.29. The van der Waals surface area contributed by atoms with Gasteiger partial charge in [-0.25, -0.2) is 0 Å². The minimum absolute atomic E-state index is 0.328. The summed E-state index contributed by atoms with van der Waals surface area (Å²) in [5, 5.41) is 19.2. The van der Waals surface area contributed by atoms with Gasteiger partial charge in [0, 0.05) is 11.1 Å². The zero-order chi connectivity index (χ0) is 8.97. The highest BCUT2D eigenvalue weighted by Gasteiger charge is 2.14. The van der Waals surface area contributed by atoms with Crippen molar-refractivity contribution in [3.8, 4) is 0 Å². The van der Waals surface area contributed by atoms with Crippen molar-refractivity contribution in [3.63, 3.8) is 0 Å². The van der Waals surface area contributed by atoms with Gasteiger partial charge in [0.2, 0.25) is 6.54 Å². The Morgan fingerprint density at radius 1 is 1.67 bits per heavy atom. The minimum atomic E-state index is -1.11. The lowest BCUT2D eigenvalue weighted by Crippen LogP contribution is -2.12. The van der Waals surface area contributed by atoms with E-state index < -0.39 is 17.6 Å². The largest absolute Gasteiger partial charge is 0.380 e. The molecule has 12 heavy (non-hydrogen) atoms. The van der Waals surface area contributed by atoms with Crippen LogP contribution in [-0.2, 0) is 0 Å². The number of aromatic nitrogens is 1. The summed E-state index contributed by atoms with van der Waals surface area (Å²) in [7, 11) is 0. The highest BCUT2D eigenvalue weighted by atomic mass is 16.6. The molecule has 0 saturated carbocycles. The molecule has 1 aromatic rings. The molecule has 0 aliphatic rings. The molecular weight excluding hydrogens is 160 g/mol. The molecule has 0 aromatic carbocycles. The van der Waals surface area contributed by atoms with Crippen molar-refractivity contribution >= 4 is 0 Å². The van der Waals surface area contributed by atoms with Gasteiger partial charge in [-0.1, -0.05) is 6.07 Å². The van der Waals surface area contributed by atoms with E-state index in [-0.39, 0.29) is 0 Å². The van der Waals surface area contributed by atoms with Crippen LogP contribution in [0.2, 0.25) is 0 Å². The Morgan fingerprint density at radius 2 is 2.42 bits per heavy atom. The first-order valence-corrected chi connectivity index (χ1v) is 3.41. The van der Waals surface area contributed by atoms with Crippen molar-refractivity contribution in [2.24, 2.45) is 0 Å². The molecule has 1 atom stereocenters. The molecule has 0 aliphatic heterocycles. The third-order valence-electron chi connectivity index (χ3n) is 1.35. The molecular formula is C7H8N2O3. The summed E-state index contributed by atoms with van der Waals surface area (Å²) >= 11 is 0. The number of rotatable bonds is 3. The molecule has 0 aliphatic carbocycles. The fourth-order valence-corrected chi connectivity index (χ4v) is 0.808. The fraction of sp³-hybridized carbons (Fsp3) is 0.286. The number of nitro groups is 1. The molecule has 0 bridgehead atoms. The smallest absolute Gasteiger partial charge is 0.235 e. The summed E-state index contributed by atoms with van der Waals surface area (Å²) in [5.74, 6) is 0. The molecule has 0 spiro atoms. The first-order chi connectivity index (χ1) is 5.70. The van der Waals surface area contributed by atoms with Gasteiger partial charge in [0.25, 0.3) is 0 Å². The van der Waals surface area contributed by atoms with E-state index in [0.717, 1.165) is 0 Å². The van der Waals surface area contributed by atoms with Crippen molar-refractivity contribution in [3.05, 3.63) is 40.2 Å². The van der Waals surface area contributed by atoms with Crippen LogP contribution in [0.4, 0.5) is 0 Å². The summed E-state index contributed by atoms with van der Waals surface area (Å²) in [6.45, 7) is -0.503. The number of pyridine rings is 1. The maximum atomic E-state index is 10.0. The summed E-state index contributed by atoms with van der Waals surface area (Å²) in [5.41, 5.74) is 0.328. The van der Waals surface area contributed by atoms with E-state index in [1.54, 1.807) is 18.2 Å². The number of aliphatic hydroxyl groups excluding tert-OH is 1. The van der Waals surface area contributed by atoms with E-state index in [0.29, 0.717) is 5.69 Å². The van der Waals surface area contributed by atoms with E-state index in [1.807, 2.05) is 0 Å². The van der Waals surface area contributed by atoms with Gasteiger partial charge >= 0.3 is 0 Å². The molecule has 1 aromatic heterocycles. The Balaban J connectivity index is 2.65. The highest BCUT2D eigenvalue weighted by Crippen LogP contribution is 2.07. The third-order valence-corrected chi connectivity index (χ3v) is 1.35. The van der Waals surface area contributed by atoms with Crippen LogP contribution in [0.25, 0.3) is 0 Å². The average Bonchev–Trinajstić information content (AvgIpc) is 2.05. The number of hydrogen-bond acceptors (Lipinski definition) is 4. The Hall–Kier alpha value is -1.49. The predicted octanol–water partition coefficient (Wildman–Crippen LogP) is 0.392. The van der Waals surface area contributed by atoms with Gasteiger partial charge in [0.1, 0.15) is 0 Å². The lowest BCUT2D eigenvalue weighted by atomic mass is 10.2. The lowest BCUT2D eigenvalue weighted by Gasteiger charge is -2.03. The Labute approximate surface area is 68.8 Å². The van der Waals surface area contributed by atoms with Crippen molar-refractivity contribution in [1.82, 2.24) is 4.98 Å². The average molecular weight is 168 g/mol. The van der Waals surface area contributed by atoms with E-state index in [2.05, 4.69) is 4.98 Å². The topological polar surface area (TPSA) is 76.3 Å². The van der Waals surface area contributed by atoms with Crippen molar-refractivity contribution in [1.29, 1.82) is 0 Å². The molecule has 5 nitrogen and oxygen atoms in total. The van der Waals surface area contributed by atoms with E-state index >= 15 is 0 Å². The monoisotopic (exact) mass is 168 g/mol. The molecule has 1 N–H and O–H groups in total. The normalized spacial score (nSPS) is 12.4. The number of hydrogen-bond donors (Lipinski definition) is 1. The summed E-state index contributed by atoms with van der Waals surface area (Å²) in [6, 6.07) is 4.90. The van der Waals surface area contributed by atoms with Gasteiger partial charge in [-0.05, 0) is 12.1 Å². The van der Waals surface area contributed by atoms with E-state index in [9.17, 15) is 15.2 Å². The highest BCUT2D eigenvalue weighted by molar-refractivity contribution is 5.06. The van der Waals surface area contributed by atoms with Crippen LogP contribution >= 0.6 is 0 Å². The van der Waals surface area contributed by atoms with Crippen LogP contribution in [0.15, 0.2) is 24.4 Å².